The molecule has 7 nitrogen and oxygen atoms in total. The molecule has 0 aromatic rings. The minimum absolute atomic E-state index is 0.168. The molecule has 2 amide bonds. The van der Waals surface area contributed by atoms with Crippen LogP contribution in [0.1, 0.15) is 25.7 Å². The Labute approximate surface area is 139 Å². The third-order valence-corrected chi connectivity index (χ3v) is 5.22. The number of carbonyl (C=O) groups is 4. The number of fused-ring (bicyclic) bond motifs is 1. The maximum atomic E-state index is 12.2. The Kier molecular flexibility index (Phi) is 4.03. The molecular formula is C17H19NO6. The van der Waals surface area contributed by atoms with Gasteiger partial charge in [0.25, 0.3) is 0 Å². The summed E-state index contributed by atoms with van der Waals surface area (Å²) in [6.45, 7) is 0. The van der Waals surface area contributed by atoms with Crippen molar-refractivity contribution in [3.05, 3.63) is 22.3 Å². The SMILES string of the molecule is COC(=O)C1=C(C(=O)OC)CC2=C(C1)C[C@@H]1C(=O)N(C)C(=O)[C@@H]1C2. The first-order valence-corrected chi connectivity index (χ1v) is 7.78. The summed E-state index contributed by atoms with van der Waals surface area (Å²) >= 11 is 0. The average molecular weight is 333 g/mol. The molecule has 128 valence electrons. The Morgan fingerprint density at radius 1 is 0.875 bits per heavy atom. The number of rotatable bonds is 2. The molecule has 7 heteroatoms. The van der Waals surface area contributed by atoms with Crippen molar-refractivity contribution in [3.63, 3.8) is 0 Å². The standard InChI is InChI=1S/C17H19NO6/c1-18-14(19)10-4-8-6-12(16(21)23-2)13(17(22)24-3)7-9(8)5-11(10)15(18)20/h10-11H,4-7H2,1-3H3/t10-,11+. The average Bonchev–Trinajstić information content (AvgIpc) is 2.81. The molecule has 1 heterocycles. The second-order valence-corrected chi connectivity index (χ2v) is 6.36. The van der Waals surface area contributed by atoms with Gasteiger partial charge in [-0.25, -0.2) is 9.59 Å². The Morgan fingerprint density at radius 3 is 1.58 bits per heavy atom. The highest BCUT2D eigenvalue weighted by atomic mass is 16.5. The first-order chi connectivity index (χ1) is 11.4. The van der Waals surface area contributed by atoms with Gasteiger partial charge in [0.05, 0.1) is 37.2 Å². The van der Waals surface area contributed by atoms with Gasteiger partial charge in [-0.2, -0.15) is 0 Å². The molecule has 3 rings (SSSR count). The molecule has 0 N–H and O–H groups in total. The molecule has 0 spiro atoms. The molecule has 1 saturated heterocycles. The van der Waals surface area contributed by atoms with E-state index >= 15 is 0 Å². The number of hydrogen-bond donors (Lipinski definition) is 0. The predicted molar refractivity (Wildman–Crippen MR) is 81.3 cm³/mol. The van der Waals surface area contributed by atoms with Gasteiger partial charge in [0.15, 0.2) is 0 Å². The van der Waals surface area contributed by atoms with Crippen molar-refractivity contribution < 1.29 is 28.7 Å². The molecule has 3 aliphatic rings. The lowest BCUT2D eigenvalue weighted by Crippen LogP contribution is -2.28. The summed E-state index contributed by atoms with van der Waals surface area (Å²) in [5, 5.41) is 0. The molecule has 0 radical (unpaired) electrons. The summed E-state index contributed by atoms with van der Waals surface area (Å²) < 4.78 is 9.56. The largest absolute Gasteiger partial charge is 0.466 e. The van der Waals surface area contributed by atoms with E-state index in [0.29, 0.717) is 12.8 Å². The summed E-state index contributed by atoms with van der Waals surface area (Å²) in [6.07, 6.45) is 1.43. The van der Waals surface area contributed by atoms with Gasteiger partial charge in [0.2, 0.25) is 11.8 Å². The smallest absolute Gasteiger partial charge is 0.334 e. The first-order valence-electron chi connectivity index (χ1n) is 7.78. The lowest BCUT2D eigenvalue weighted by Gasteiger charge is -2.31. The molecule has 24 heavy (non-hydrogen) atoms. The predicted octanol–water partition coefficient (Wildman–Crippen LogP) is 0.744. The van der Waals surface area contributed by atoms with Crippen LogP contribution in [0, 0.1) is 11.8 Å². The van der Waals surface area contributed by atoms with Gasteiger partial charge in [-0.3, -0.25) is 14.5 Å². The minimum Gasteiger partial charge on any atom is -0.466 e. The summed E-state index contributed by atoms with van der Waals surface area (Å²) in [5.74, 6) is -2.18. The van der Waals surface area contributed by atoms with E-state index in [-0.39, 0.29) is 47.6 Å². The van der Waals surface area contributed by atoms with Crippen LogP contribution in [0.15, 0.2) is 22.3 Å². The monoisotopic (exact) mass is 333 g/mol. The van der Waals surface area contributed by atoms with E-state index in [0.717, 1.165) is 11.1 Å². The molecule has 0 saturated carbocycles. The second-order valence-electron chi connectivity index (χ2n) is 6.36. The van der Waals surface area contributed by atoms with Crippen molar-refractivity contribution >= 4 is 23.8 Å². The lowest BCUT2D eigenvalue weighted by atomic mass is 9.71. The molecular weight excluding hydrogens is 314 g/mol. The zero-order valence-electron chi connectivity index (χ0n) is 13.9. The number of carbonyl (C=O) groups excluding carboxylic acids is 4. The molecule has 1 fully saturated rings. The minimum atomic E-state index is -0.560. The van der Waals surface area contributed by atoms with Crippen LogP contribution in [0.5, 0.6) is 0 Å². The summed E-state index contributed by atoms with van der Waals surface area (Å²) in [7, 11) is 4.03. The number of ether oxygens (including phenoxy) is 2. The van der Waals surface area contributed by atoms with E-state index in [9.17, 15) is 19.2 Å². The van der Waals surface area contributed by atoms with Crippen LogP contribution in [0.2, 0.25) is 0 Å². The molecule has 0 unspecified atom stereocenters. The Bertz CT molecular complexity index is 659. The molecule has 2 atom stereocenters. The van der Waals surface area contributed by atoms with Gasteiger partial charge in [-0.05, 0) is 12.8 Å². The van der Waals surface area contributed by atoms with E-state index in [1.54, 1.807) is 0 Å². The van der Waals surface area contributed by atoms with E-state index < -0.39 is 11.9 Å². The fraction of sp³-hybridized carbons (Fsp3) is 0.529. The number of methoxy groups -OCH3 is 2. The lowest BCUT2D eigenvalue weighted by molar-refractivity contribution is -0.139. The molecule has 0 bridgehead atoms. The topological polar surface area (TPSA) is 90.0 Å². The number of nitrogens with zero attached hydrogens (tertiary/aromatic N) is 1. The number of hydrogen-bond acceptors (Lipinski definition) is 6. The Hall–Kier alpha value is -2.44. The third-order valence-electron chi connectivity index (χ3n) is 5.22. The van der Waals surface area contributed by atoms with Gasteiger partial charge in [-0.15, -0.1) is 0 Å². The highest BCUT2D eigenvalue weighted by molar-refractivity contribution is 6.06. The van der Waals surface area contributed by atoms with Crippen LogP contribution in [0.4, 0.5) is 0 Å². The Balaban J connectivity index is 1.93. The number of amides is 2. The maximum Gasteiger partial charge on any atom is 0.334 e. The van der Waals surface area contributed by atoms with E-state index in [1.165, 1.54) is 26.2 Å². The van der Waals surface area contributed by atoms with Gasteiger partial charge in [-0.1, -0.05) is 11.1 Å². The van der Waals surface area contributed by atoms with Crippen LogP contribution >= 0.6 is 0 Å². The molecule has 0 aromatic carbocycles. The first kappa shape index (κ1) is 16.4. The normalized spacial score (nSPS) is 26.4. The zero-order valence-corrected chi connectivity index (χ0v) is 13.9. The summed E-state index contributed by atoms with van der Waals surface area (Å²) in [6, 6.07) is 0. The van der Waals surface area contributed by atoms with Crippen LogP contribution in [0.25, 0.3) is 0 Å². The quantitative estimate of drug-likeness (QED) is 0.421. The summed E-state index contributed by atoms with van der Waals surface area (Å²) in [5.41, 5.74) is 2.49. The van der Waals surface area contributed by atoms with Gasteiger partial charge < -0.3 is 9.47 Å². The zero-order chi connectivity index (χ0) is 17.6. The highest BCUT2D eigenvalue weighted by Gasteiger charge is 2.49. The van der Waals surface area contributed by atoms with Crippen molar-refractivity contribution in [1.29, 1.82) is 0 Å². The second kappa shape index (κ2) is 5.89. The van der Waals surface area contributed by atoms with Gasteiger partial charge >= 0.3 is 11.9 Å². The molecule has 0 aromatic heterocycles. The van der Waals surface area contributed by atoms with Crippen molar-refractivity contribution in [2.45, 2.75) is 25.7 Å². The number of likely N-dealkylation sites (tertiary alicyclic amines) is 1. The van der Waals surface area contributed by atoms with Crippen LogP contribution in [-0.4, -0.2) is 49.9 Å². The van der Waals surface area contributed by atoms with Crippen LogP contribution in [0.3, 0.4) is 0 Å². The van der Waals surface area contributed by atoms with Crippen molar-refractivity contribution in [3.8, 4) is 0 Å². The van der Waals surface area contributed by atoms with Crippen LogP contribution in [-0.2, 0) is 28.7 Å². The van der Waals surface area contributed by atoms with E-state index in [2.05, 4.69) is 0 Å². The fourth-order valence-corrected chi connectivity index (χ4v) is 3.90. The van der Waals surface area contributed by atoms with Gasteiger partial charge in [0.1, 0.15) is 0 Å². The molecule has 1 aliphatic heterocycles. The maximum absolute atomic E-state index is 12.2. The van der Waals surface area contributed by atoms with Gasteiger partial charge in [0, 0.05) is 19.9 Å². The van der Waals surface area contributed by atoms with E-state index in [4.69, 9.17) is 9.47 Å². The van der Waals surface area contributed by atoms with Crippen LogP contribution < -0.4 is 0 Å². The third kappa shape index (κ3) is 2.35. The van der Waals surface area contributed by atoms with Crippen molar-refractivity contribution in [1.82, 2.24) is 4.90 Å². The fourth-order valence-electron chi connectivity index (χ4n) is 3.90. The highest BCUT2D eigenvalue weighted by Crippen LogP contribution is 2.46. The number of imide groups is 1. The summed E-state index contributed by atoms with van der Waals surface area (Å²) in [4.78, 5) is 49.7. The Morgan fingerprint density at radius 2 is 1.25 bits per heavy atom. The van der Waals surface area contributed by atoms with E-state index in [1.807, 2.05) is 0 Å². The number of allylic oxidation sites excluding steroid dienone is 2. The van der Waals surface area contributed by atoms with Crippen molar-refractivity contribution in [2.75, 3.05) is 21.3 Å². The molecule has 2 aliphatic carbocycles. The van der Waals surface area contributed by atoms with Crippen molar-refractivity contribution in [2.24, 2.45) is 11.8 Å². The number of esters is 2.